The first-order chi connectivity index (χ1) is 13.5. The highest BCUT2D eigenvalue weighted by atomic mass is 16.5. The van der Waals surface area contributed by atoms with Gasteiger partial charge in [0.25, 0.3) is 0 Å². The second kappa shape index (κ2) is 8.61. The van der Waals surface area contributed by atoms with Crippen molar-refractivity contribution in [2.75, 3.05) is 25.0 Å². The predicted molar refractivity (Wildman–Crippen MR) is 116 cm³/mol. The molecule has 0 saturated carbocycles. The molecule has 2 aliphatic rings. The van der Waals surface area contributed by atoms with Gasteiger partial charge in [0, 0.05) is 37.6 Å². The van der Waals surface area contributed by atoms with Gasteiger partial charge < -0.3 is 15.0 Å². The molecule has 4 heteroatoms. The normalized spacial score (nSPS) is 19.9. The maximum atomic E-state index is 12.2. The number of ether oxygens (including phenoxy) is 1. The lowest BCUT2D eigenvalue weighted by Crippen LogP contribution is -2.44. The second-order valence-corrected chi connectivity index (χ2v) is 7.46. The summed E-state index contributed by atoms with van der Waals surface area (Å²) in [6.07, 6.45) is 9.22. The maximum absolute atomic E-state index is 12.2. The van der Waals surface area contributed by atoms with Gasteiger partial charge >= 0.3 is 0 Å². The average Bonchev–Trinajstić information content (AvgIpc) is 2.70. The molecule has 1 amide bonds. The van der Waals surface area contributed by atoms with Gasteiger partial charge in [0.05, 0.1) is 0 Å². The Labute approximate surface area is 168 Å². The van der Waals surface area contributed by atoms with Crippen LogP contribution in [-0.2, 0) is 9.53 Å². The average molecular weight is 379 g/mol. The molecule has 1 fully saturated rings. The van der Waals surface area contributed by atoms with Crippen LogP contribution in [0.4, 0.5) is 5.69 Å². The van der Waals surface area contributed by atoms with Crippen molar-refractivity contribution < 1.29 is 9.53 Å². The lowest BCUT2D eigenvalue weighted by atomic mass is 9.82. The van der Waals surface area contributed by atoms with Crippen LogP contribution in [0.25, 0.3) is 5.57 Å². The summed E-state index contributed by atoms with van der Waals surface area (Å²) in [6, 6.07) is 8.15. The molecule has 2 heterocycles. The van der Waals surface area contributed by atoms with Crippen molar-refractivity contribution in [3.05, 3.63) is 72.5 Å². The third-order valence-corrected chi connectivity index (χ3v) is 5.46. The Balaban J connectivity index is 1.96. The molecular formula is C24H30N2O2. The van der Waals surface area contributed by atoms with Crippen LogP contribution in [0.1, 0.15) is 38.2 Å². The van der Waals surface area contributed by atoms with Gasteiger partial charge in [-0.25, -0.2) is 0 Å². The van der Waals surface area contributed by atoms with Crippen LogP contribution in [0.3, 0.4) is 0 Å². The summed E-state index contributed by atoms with van der Waals surface area (Å²) in [7, 11) is 1.83. The quantitative estimate of drug-likeness (QED) is 0.813. The number of hydrogen-bond acceptors (Lipinski definition) is 3. The Kier molecular flexibility index (Phi) is 6.20. The fourth-order valence-corrected chi connectivity index (χ4v) is 3.85. The standard InChI is InChI=1S/C24H30N2O2/c1-5-7-21-18(3)28-24(13-15-25-16-14-24)17-22(21)19-9-11-20(12-10-19)26(4)23(27)8-6-2/h5,7,9-12,17,25H,1,3,6,8,13-16H2,2,4H3. The van der Waals surface area contributed by atoms with Crippen LogP contribution < -0.4 is 10.2 Å². The molecule has 1 N–H and O–H groups in total. The molecule has 28 heavy (non-hydrogen) atoms. The predicted octanol–water partition coefficient (Wildman–Crippen LogP) is 4.61. The topological polar surface area (TPSA) is 41.6 Å². The minimum Gasteiger partial charge on any atom is -0.483 e. The summed E-state index contributed by atoms with van der Waals surface area (Å²) in [5, 5.41) is 3.40. The molecule has 0 radical (unpaired) electrons. The Bertz CT molecular complexity index is 812. The van der Waals surface area contributed by atoms with Crippen molar-refractivity contribution in [1.29, 1.82) is 0 Å². The number of allylic oxidation sites excluding steroid dienone is 3. The third kappa shape index (κ3) is 4.12. The monoisotopic (exact) mass is 378 g/mol. The van der Waals surface area contributed by atoms with Crippen LogP contribution in [0.5, 0.6) is 0 Å². The van der Waals surface area contributed by atoms with Gasteiger partial charge in [-0.15, -0.1) is 0 Å². The molecule has 0 unspecified atom stereocenters. The number of carbonyl (C=O) groups excluding carboxylic acids is 1. The zero-order chi connectivity index (χ0) is 20.1. The van der Waals surface area contributed by atoms with E-state index in [2.05, 4.69) is 36.7 Å². The second-order valence-electron chi connectivity index (χ2n) is 7.46. The lowest BCUT2D eigenvalue weighted by Gasteiger charge is -2.41. The smallest absolute Gasteiger partial charge is 0.226 e. The summed E-state index contributed by atoms with van der Waals surface area (Å²) in [5.74, 6) is 0.827. The summed E-state index contributed by atoms with van der Waals surface area (Å²) >= 11 is 0. The molecule has 4 nitrogen and oxygen atoms in total. The number of carbonyl (C=O) groups is 1. The van der Waals surface area contributed by atoms with Gasteiger partial charge in [-0.3, -0.25) is 4.79 Å². The third-order valence-electron chi connectivity index (χ3n) is 5.46. The molecule has 0 atom stereocenters. The van der Waals surface area contributed by atoms with Crippen molar-refractivity contribution in [1.82, 2.24) is 5.32 Å². The van der Waals surface area contributed by atoms with E-state index in [0.29, 0.717) is 12.2 Å². The molecular weight excluding hydrogens is 348 g/mol. The first kappa shape index (κ1) is 20.2. The fourth-order valence-electron chi connectivity index (χ4n) is 3.85. The van der Waals surface area contributed by atoms with Gasteiger partial charge in [-0.05, 0) is 48.9 Å². The molecule has 2 aliphatic heterocycles. The minimum absolute atomic E-state index is 0.134. The lowest BCUT2D eigenvalue weighted by molar-refractivity contribution is -0.118. The highest BCUT2D eigenvalue weighted by Gasteiger charge is 2.37. The Hall–Kier alpha value is -2.59. The molecule has 1 aromatic rings. The van der Waals surface area contributed by atoms with Crippen LogP contribution >= 0.6 is 0 Å². The number of amides is 1. The number of benzene rings is 1. The van der Waals surface area contributed by atoms with E-state index in [4.69, 9.17) is 4.74 Å². The molecule has 1 saturated heterocycles. The van der Waals surface area contributed by atoms with E-state index in [1.165, 1.54) is 0 Å². The molecule has 0 aliphatic carbocycles. The number of nitrogens with one attached hydrogen (secondary N) is 1. The van der Waals surface area contributed by atoms with E-state index in [-0.39, 0.29) is 11.5 Å². The molecule has 3 rings (SSSR count). The molecule has 1 spiro atoms. The van der Waals surface area contributed by atoms with E-state index in [0.717, 1.165) is 54.7 Å². The van der Waals surface area contributed by atoms with Crippen LogP contribution in [-0.4, -0.2) is 31.6 Å². The highest BCUT2D eigenvalue weighted by Crippen LogP contribution is 2.42. The number of anilines is 1. The first-order valence-electron chi connectivity index (χ1n) is 10.0. The van der Waals surface area contributed by atoms with E-state index in [1.807, 2.05) is 32.2 Å². The molecule has 0 bridgehead atoms. The van der Waals surface area contributed by atoms with E-state index < -0.39 is 0 Å². The Morgan fingerprint density at radius 2 is 1.96 bits per heavy atom. The van der Waals surface area contributed by atoms with Crippen LogP contribution in [0.2, 0.25) is 0 Å². The van der Waals surface area contributed by atoms with Crippen molar-refractivity contribution >= 4 is 17.2 Å². The number of piperidine rings is 1. The summed E-state index contributed by atoms with van der Waals surface area (Å²) < 4.78 is 6.27. The van der Waals surface area contributed by atoms with Crippen molar-refractivity contribution in [2.45, 2.75) is 38.2 Å². The van der Waals surface area contributed by atoms with E-state index in [9.17, 15) is 4.79 Å². The zero-order valence-electron chi connectivity index (χ0n) is 17.0. The molecule has 0 aromatic heterocycles. The zero-order valence-corrected chi connectivity index (χ0v) is 17.0. The number of hydrogen-bond donors (Lipinski definition) is 1. The molecule has 148 valence electrons. The van der Waals surface area contributed by atoms with Gasteiger partial charge in [0.1, 0.15) is 11.4 Å². The highest BCUT2D eigenvalue weighted by molar-refractivity contribution is 5.93. The number of nitrogens with zero attached hydrogens (tertiary/aromatic N) is 1. The summed E-state index contributed by atoms with van der Waals surface area (Å²) in [4.78, 5) is 13.9. The Morgan fingerprint density at radius 1 is 1.29 bits per heavy atom. The minimum atomic E-state index is -0.303. The number of rotatable bonds is 5. The molecule has 1 aromatic carbocycles. The largest absolute Gasteiger partial charge is 0.483 e. The van der Waals surface area contributed by atoms with Crippen molar-refractivity contribution in [3.8, 4) is 0 Å². The van der Waals surface area contributed by atoms with Gasteiger partial charge in [0.2, 0.25) is 5.91 Å². The van der Waals surface area contributed by atoms with Gasteiger partial charge in [-0.1, -0.05) is 44.4 Å². The Morgan fingerprint density at radius 3 is 2.57 bits per heavy atom. The maximum Gasteiger partial charge on any atom is 0.226 e. The summed E-state index contributed by atoms with van der Waals surface area (Å²) in [5.41, 5.74) is 3.77. The summed E-state index contributed by atoms with van der Waals surface area (Å²) in [6.45, 7) is 11.9. The SMILES string of the molecule is C=CC=C1C(=C)OC2(C=C1c1ccc(N(C)C(=O)CCC)cc1)CCNCC2. The van der Waals surface area contributed by atoms with Gasteiger partial charge in [0.15, 0.2) is 0 Å². The van der Waals surface area contributed by atoms with Crippen LogP contribution in [0, 0.1) is 0 Å². The van der Waals surface area contributed by atoms with Crippen molar-refractivity contribution in [3.63, 3.8) is 0 Å². The van der Waals surface area contributed by atoms with E-state index in [1.54, 1.807) is 11.0 Å². The van der Waals surface area contributed by atoms with E-state index >= 15 is 0 Å². The van der Waals surface area contributed by atoms with Crippen molar-refractivity contribution in [2.24, 2.45) is 0 Å². The van der Waals surface area contributed by atoms with Crippen LogP contribution in [0.15, 0.2) is 67.0 Å². The first-order valence-corrected chi connectivity index (χ1v) is 10.0. The van der Waals surface area contributed by atoms with Gasteiger partial charge in [-0.2, -0.15) is 0 Å². The fraction of sp³-hybridized carbons (Fsp3) is 0.375.